The van der Waals surface area contributed by atoms with E-state index in [4.69, 9.17) is 5.73 Å². The molecule has 1 aliphatic heterocycles. The third kappa shape index (κ3) is 3.69. The van der Waals surface area contributed by atoms with Crippen molar-refractivity contribution in [1.29, 1.82) is 0 Å². The molecule has 110 valence electrons. The predicted octanol–water partition coefficient (Wildman–Crippen LogP) is 1.75. The minimum absolute atomic E-state index is 0.0333. The maximum atomic E-state index is 12.2. The fraction of sp³-hybridized carbons (Fsp3) is 0.857. The van der Waals surface area contributed by atoms with Crippen LogP contribution in [0.2, 0.25) is 0 Å². The summed E-state index contributed by atoms with van der Waals surface area (Å²) in [4.78, 5) is 25.4. The maximum Gasteiger partial charge on any atom is 0.329 e. The van der Waals surface area contributed by atoms with Crippen molar-refractivity contribution in [3.63, 3.8) is 0 Å². The molecule has 1 saturated heterocycles. The quantitative estimate of drug-likeness (QED) is 0.738. The van der Waals surface area contributed by atoms with Crippen molar-refractivity contribution >= 4 is 11.9 Å². The number of likely N-dealkylation sites (tertiary alicyclic amines) is 1. The fourth-order valence-corrected chi connectivity index (χ4v) is 2.96. The zero-order chi connectivity index (χ0) is 14.5. The number of carboxylic acid groups (broad SMARTS) is 1. The van der Waals surface area contributed by atoms with Crippen molar-refractivity contribution in [1.82, 2.24) is 4.90 Å². The number of hydrogen-bond donors (Lipinski definition) is 2. The lowest BCUT2D eigenvalue weighted by molar-refractivity contribution is -0.157. The van der Waals surface area contributed by atoms with E-state index in [0.29, 0.717) is 25.8 Å². The van der Waals surface area contributed by atoms with Gasteiger partial charge in [0.05, 0.1) is 0 Å². The van der Waals surface area contributed by atoms with Crippen molar-refractivity contribution in [2.24, 2.45) is 5.73 Å². The molecule has 5 heteroatoms. The van der Waals surface area contributed by atoms with Crippen LogP contribution in [0.3, 0.4) is 0 Å². The van der Waals surface area contributed by atoms with E-state index in [1.165, 1.54) is 0 Å². The second-order valence-corrected chi connectivity index (χ2v) is 5.61. The van der Waals surface area contributed by atoms with Crippen molar-refractivity contribution in [2.75, 3.05) is 6.54 Å². The highest BCUT2D eigenvalue weighted by Gasteiger charge is 2.48. The molecule has 3 N–H and O–H groups in total. The SMILES string of the molecule is CCCC1(C(=O)O)CCCN1C(=O)CCCC(C)N. The molecule has 2 atom stereocenters. The number of nitrogens with zero attached hydrogens (tertiary/aromatic N) is 1. The zero-order valence-electron chi connectivity index (χ0n) is 12.0. The molecular formula is C14H26N2O3. The van der Waals surface area contributed by atoms with Crippen molar-refractivity contribution in [3.8, 4) is 0 Å². The van der Waals surface area contributed by atoms with E-state index in [2.05, 4.69) is 0 Å². The number of carbonyl (C=O) groups excluding carboxylic acids is 1. The highest BCUT2D eigenvalue weighted by Crippen LogP contribution is 2.34. The molecule has 0 aromatic heterocycles. The number of amides is 1. The van der Waals surface area contributed by atoms with Crippen LogP contribution in [0.25, 0.3) is 0 Å². The second kappa shape index (κ2) is 6.89. The largest absolute Gasteiger partial charge is 0.479 e. The number of rotatable bonds is 7. The van der Waals surface area contributed by atoms with Gasteiger partial charge in [0.2, 0.25) is 5.91 Å². The van der Waals surface area contributed by atoms with Gasteiger partial charge in [0.25, 0.3) is 0 Å². The monoisotopic (exact) mass is 270 g/mol. The molecule has 1 aliphatic rings. The predicted molar refractivity (Wildman–Crippen MR) is 73.7 cm³/mol. The van der Waals surface area contributed by atoms with E-state index in [1.807, 2.05) is 13.8 Å². The Kier molecular flexibility index (Phi) is 5.79. The van der Waals surface area contributed by atoms with Gasteiger partial charge < -0.3 is 15.7 Å². The Morgan fingerprint density at radius 1 is 1.47 bits per heavy atom. The third-order valence-corrected chi connectivity index (χ3v) is 3.90. The van der Waals surface area contributed by atoms with Crippen LogP contribution < -0.4 is 5.73 Å². The molecule has 0 saturated carbocycles. The Balaban J connectivity index is 2.68. The number of nitrogens with two attached hydrogens (primary N) is 1. The Morgan fingerprint density at radius 2 is 2.16 bits per heavy atom. The van der Waals surface area contributed by atoms with Gasteiger partial charge in [0, 0.05) is 19.0 Å². The molecule has 1 fully saturated rings. The average molecular weight is 270 g/mol. The molecule has 1 amide bonds. The lowest BCUT2D eigenvalue weighted by Crippen LogP contribution is -2.53. The Hall–Kier alpha value is -1.10. The van der Waals surface area contributed by atoms with Crippen molar-refractivity contribution in [3.05, 3.63) is 0 Å². The van der Waals surface area contributed by atoms with Crippen LogP contribution in [0.15, 0.2) is 0 Å². The maximum absolute atomic E-state index is 12.2. The number of hydrogen-bond acceptors (Lipinski definition) is 3. The van der Waals surface area contributed by atoms with Gasteiger partial charge >= 0.3 is 5.97 Å². The Morgan fingerprint density at radius 3 is 2.68 bits per heavy atom. The van der Waals surface area contributed by atoms with E-state index in [9.17, 15) is 14.7 Å². The van der Waals surface area contributed by atoms with Gasteiger partial charge in [-0.1, -0.05) is 13.3 Å². The van der Waals surface area contributed by atoms with Crippen LogP contribution in [-0.4, -0.2) is 40.0 Å². The molecule has 0 aromatic carbocycles. The number of carboxylic acids is 1. The van der Waals surface area contributed by atoms with Crippen LogP contribution in [0.5, 0.6) is 0 Å². The first-order valence-corrected chi connectivity index (χ1v) is 7.23. The molecule has 2 unspecified atom stereocenters. The topological polar surface area (TPSA) is 83.6 Å². The van der Waals surface area contributed by atoms with Crippen LogP contribution in [0.4, 0.5) is 0 Å². The molecule has 5 nitrogen and oxygen atoms in total. The first-order chi connectivity index (χ1) is 8.94. The molecule has 0 bridgehead atoms. The zero-order valence-corrected chi connectivity index (χ0v) is 12.0. The molecule has 0 spiro atoms. The lowest BCUT2D eigenvalue weighted by atomic mass is 9.90. The summed E-state index contributed by atoms with van der Waals surface area (Å²) in [6.45, 7) is 4.45. The lowest BCUT2D eigenvalue weighted by Gasteiger charge is -2.34. The fourth-order valence-electron chi connectivity index (χ4n) is 2.96. The molecule has 0 aromatic rings. The highest BCUT2D eigenvalue weighted by molar-refractivity contribution is 5.87. The van der Waals surface area contributed by atoms with Crippen LogP contribution in [0, 0.1) is 0 Å². The summed E-state index contributed by atoms with van der Waals surface area (Å²) in [6.07, 6.45) is 4.61. The van der Waals surface area contributed by atoms with E-state index in [0.717, 1.165) is 25.7 Å². The number of carbonyl (C=O) groups is 2. The molecule has 0 radical (unpaired) electrons. The van der Waals surface area contributed by atoms with Gasteiger partial charge in [-0.15, -0.1) is 0 Å². The average Bonchev–Trinajstić information content (AvgIpc) is 2.74. The van der Waals surface area contributed by atoms with E-state index in [1.54, 1.807) is 4.90 Å². The van der Waals surface area contributed by atoms with Crippen LogP contribution in [0.1, 0.15) is 58.8 Å². The highest BCUT2D eigenvalue weighted by atomic mass is 16.4. The summed E-state index contributed by atoms with van der Waals surface area (Å²) in [5.41, 5.74) is 4.70. The van der Waals surface area contributed by atoms with Gasteiger partial charge in [0.1, 0.15) is 5.54 Å². The van der Waals surface area contributed by atoms with Crippen molar-refractivity contribution in [2.45, 2.75) is 70.4 Å². The molecule has 1 rings (SSSR count). The first kappa shape index (κ1) is 16.0. The normalized spacial score (nSPS) is 24.5. The Bertz CT molecular complexity index is 331. The van der Waals surface area contributed by atoms with Gasteiger partial charge in [0.15, 0.2) is 0 Å². The smallest absolute Gasteiger partial charge is 0.329 e. The van der Waals surface area contributed by atoms with Crippen LogP contribution >= 0.6 is 0 Å². The molecule has 19 heavy (non-hydrogen) atoms. The van der Waals surface area contributed by atoms with Gasteiger partial charge in [-0.3, -0.25) is 4.79 Å². The van der Waals surface area contributed by atoms with E-state index >= 15 is 0 Å². The Labute approximate surface area is 115 Å². The summed E-state index contributed by atoms with van der Waals surface area (Å²) in [5, 5.41) is 9.51. The number of aliphatic carboxylic acids is 1. The van der Waals surface area contributed by atoms with Gasteiger partial charge in [-0.05, 0) is 39.0 Å². The molecule has 1 heterocycles. The van der Waals surface area contributed by atoms with Gasteiger partial charge in [-0.25, -0.2) is 4.79 Å². The van der Waals surface area contributed by atoms with Crippen LogP contribution in [-0.2, 0) is 9.59 Å². The first-order valence-electron chi connectivity index (χ1n) is 7.23. The van der Waals surface area contributed by atoms with Crippen molar-refractivity contribution < 1.29 is 14.7 Å². The standard InChI is InChI=1S/C14H26N2O3/c1-3-8-14(13(18)19)9-5-10-16(14)12(17)7-4-6-11(2)15/h11H,3-10,15H2,1-2H3,(H,18,19). The summed E-state index contributed by atoms with van der Waals surface area (Å²) in [6, 6.07) is 0.0891. The van der Waals surface area contributed by atoms with E-state index in [-0.39, 0.29) is 11.9 Å². The van der Waals surface area contributed by atoms with E-state index < -0.39 is 11.5 Å². The third-order valence-electron chi connectivity index (χ3n) is 3.90. The minimum Gasteiger partial charge on any atom is -0.479 e. The summed E-state index contributed by atoms with van der Waals surface area (Å²) < 4.78 is 0. The summed E-state index contributed by atoms with van der Waals surface area (Å²) in [7, 11) is 0. The minimum atomic E-state index is -0.958. The second-order valence-electron chi connectivity index (χ2n) is 5.61. The summed E-state index contributed by atoms with van der Waals surface area (Å²) in [5.74, 6) is -0.888. The molecule has 0 aliphatic carbocycles. The molecular weight excluding hydrogens is 244 g/mol. The van der Waals surface area contributed by atoms with Gasteiger partial charge in [-0.2, -0.15) is 0 Å². The summed E-state index contributed by atoms with van der Waals surface area (Å²) >= 11 is 0.